The van der Waals surface area contributed by atoms with E-state index in [1.807, 2.05) is 6.07 Å². The summed E-state index contributed by atoms with van der Waals surface area (Å²) in [6, 6.07) is 13.6. The number of para-hydroxylation sites is 1. The third-order valence-electron chi connectivity index (χ3n) is 3.80. The average molecular weight is 270 g/mol. The topological polar surface area (TPSA) is 29.3 Å². The number of rotatable bonds is 3. The Labute approximate surface area is 119 Å². The summed E-state index contributed by atoms with van der Waals surface area (Å²) < 4.78 is 13.8. The van der Waals surface area contributed by atoms with Crippen LogP contribution in [0, 0.1) is 5.82 Å². The number of fused-ring (bicyclic) bond motifs is 1. The molecule has 0 unspecified atom stereocenters. The third-order valence-corrected chi connectivity index (χ3v) is 3.80. The highest BCUT2D eigenvalue weighted by Gasteiger charge is 2.18. The summed E-state index contributed by atoms with van der Waals surface area (Å²) in [5.41, 5.74) is 10.0. The fraction of sp³-hybridized carbons (Fsp3) is 0.294. The summed E-state index contributed by atoms with van der Waals surface area (Å²) in [4.78, 5) is 2.21. The zero-order valence-electron chi connectivity index (χ0n) is 11.5. The molecule has 0 aliphatic carbocycles. The average Bonchev–Trinajstić information content (AvgIpc) is 2.46. The molecule has 0 atom stereocenters. The van der Waals surface area contributed by atoms with Crippen LogP contribution in [-0.4, -0.2) is 13.1 Å². The molecule has 2 aromatic carbocycles. The highest BCUT2D eigenvalue weighted by atomic mass is 19.1. The molecule has 3 rings (SSSR count). The van der Waals surface area contributed by atoms with E-state index in [4.69, 9.17) is 5.73 Å². The molecular formula is C17H19FN2. The van der Waals surface area contributed by atoms with Crippen molar-refractivity contribution < 1.29 is 4.39 Å². The zero-order valence-corrected chi connectivity index (χ0v) is 11.5. The second-order valence-electron chi connectivity index (χ2n) is 5.24. The van der Waals surface area contributed by atoms with Crippen LogP contribution in [-0.2, 0) is 12.8 Å². The normalized spacial score (nSPS) is 14.2. The first-order valence-electron chi connectivity index (χ1n) is 7.13. The molecule has 3 heteroatoms. The van der Waals surface area contributed by atoms with Crippen LogP contribution in [0.5, 0.6) is 0 Å². The smallest absolute Gasteiger partial charge is 0.125 e. The Bertz CT molecular complexity index is 610. The van der Waals surface area contributed by atoms with Crippen molar-refractivity contribution in [1.82, 2.24) is 0 Å². The fourth-order valence-electron chi connectivity index (χ4n) is 2.90. The van der Waals surface area contributed by atoms with Crippen LogP contribution in [0.3, 0.4) is 0 Å². The van der Waals surface area contributed by atoms with Gasteiger partial charge in [-0.1, -0.05) is 18.2 Å². The molecule has 1 heterocycles. The van der Waals surface area contributed by atoms with Gasteiger partial charge in [0, 0.05) is 17.9 Å². The van der Waals surface area contributed by atoms with Crippen molar-refractivity contribution in [2.75, 3.05) is 18.0 Å². The van der Waals surface area contributed by atoms with Crippen molar-refractivity contribution in [2.45, 2.75) is 19.3 Å². The maximum absolute atomic E-state index is 13.8. The Morgan fingerprint density at radius 2 is 2.00 bits per heavy atom. The molecule has 0 fully saturated rings. The Kier molecular flexibility index (Phi) is 3.70. The summed E-state index contributed by atoms with van der Waals surface area (Å²) in [6.07, 6.45) is 2.90. The first-order chi connectivity index (χ1) is 9.78. The van der Waals surface area contributed by atoms with Crippen LogP contribution in [0.4, 0.5) is 15.8 Å². The number of anilines is 2. The Morgan fingerprint density at radius 3 is 2.85 bits per heavy atom. The van der Waals surface area contributed by atoms with E-state index in [9.17, 15) is 4.39 Å². The van der Waals surface area contributed by atoms with E-state index in [0.717, 1.165) is 30.6 Å². The number of halogens is 1. The lowest BCUT2D eigenvalue weighted by molar-refractivity contribution is 0.624. The molecule has 0 bridgehead atoms. The molecule has 0 radical (unpaired) electrons. The summed E-state index contributed by atoms with van der Waals surface area (Å²) in [5, 5.41) is 0. The van der Waals surface area contributed by atoms with Crippen LogP contribution in [0.25, 0.3) is 0 Å². The first-order valence-corrected chi connectivity index (χ1v) is 7.13. The first kappa shape index (κ1) is 13.1. The van der Waals surface area contributed by atoms with E-state index in [0.29, 0.717) is 13.0 Å². The maximum Gasteiger partial charge on any atom is 0.125 e. The van der Waals surface area contributed by atoms with Gasteiger partial charge in [0.05, 0.1) is 0 Å². The van der Waals surface area contributed by atoms with Gasteiger partial charge in [-0.3, -0.25) is 0 Å². The highest BCUT2D eigenvalue weighted by molar-refractivity contribution is 5.68. The van der Waals surface area contributed by atoms with Gasteiger partial charge in [-0.25, -0.2) is 4.39 Å². The highest BCUT2D eigenvalue weighted by Crippen LogP contribution is 2.34. The minimum Gasteiger partial charge on any atom is -0.341 e. The van der Waals surface area contributed by atoms with Crippen molar-refractivity contribution in [3.05, 3.63) is 59.4 Å². The van der Waals surface area contributed by atoms with Gasteiger partial charge >= 0.3 is 0 Å². The van der Waals surface area contributed by atoms with Crippen molar-refractivity contribution in [3.63, 3.8) is 0 Å². The fourth-order valence-corrected chi connectivity index (χ4v) is 2.90. The lowest BCUT2D eigenvalue weighted by Crippen LogP contribution is -2.24. The Balaban J connectivity index is 2.01. The number of nitrogens with two attached hydrogens (primary N) is 1. The third kappa shape index (κ3) is 2.54. The molecule has 20 heavy (non-hydrogen) atoms. The van der Waals surface area contributed by atoms with E-state index >= 15 is 0 Å². The number of nitrogens with zero attached hydrogens (tertiary/aromatic N) is 1. The quantitative estimate of drug-likeness (QED) is 0.926. The molecule has 2 aromatic rings. The van der Waals surface area contributed by atoms with Gasteiger partial charge in [0.25, 0.3) is 0 Å². The van der Waals surface area contributed by atoms with Gasteiger partial charge in [0.15, 0.2) is 0 Å². The van der Waals surface area contributed by atoms with Gasteiger partial charge in [-0.2, -0.15) is 0 Å². The lowest BCUT2D eigenvalue weighted by atomic mass is 10.0. The van der Waals surface area contributed by atoms with E-state index in [1.54, 1.807) is 12.1 Å². The summed E-state index contributed by atoms with van der Waals surface area (Å²) in [6.45, 7) is 1.47. The van der Waals surface area contributed by atoms with Gasteiger partial charge in [0.1, 0.15) is 5.82 Å². The van der Waals surface area contributed by atoms with Gasteiger partial charge in [0.2, 0.25) is 0 Å². The molecule has 0 saturated heterocycles. The molecule has 0 aromatic heterocycles. The van der Waals surface area contributed by atoms with Crippen molar-refractivity contribution >= 4 is 11.4 Å². The van der Waals surface area contributed by atoms with Crippen LogP contribution < -0.4 is 10.6 Å². The second kappa shape index (κ2) is 5.63. The van der Waals surface area contributed by atoms with Gasteiger partial charge in [-0.15, -0.1) is 0 Å². The summed E-state index contributed by atoms with van der Waals surface area (Å²) >= 11 is 0. The van der Waals surface area contributed by atoms with E-state index in [2.05, 4.69) is 29.2 Å². The molecule has 1 aliphatic rings. The zero-order chi connectivity index (χ0) is 13.9. The monoisotopic (exact) mass is 270 g/mol. The lowest BCUT2D eigenvalue weighted by Gasteiger charge is -2.31. The van der Waals surface area contributed by atoms with Crippen LogP contribution in [0.2, 0.25) is 0 Å². The maximum atomic E-state index is 13.8. The molecule has 0 amide bonds. The molecule has 2 nitrogen and oxygen atoms in total. The number of hydrogen-bond acceptors (Lipinski definition) is 2. The number of aryl methyl sites for hydroxylation is 1. The molecule has 0 spiro atoms. The number of benzene rings is 2. The predicted molar refractivity (Wildman–Crippen MR) is 80.9 cm³/mol. The molecule has 1 aliphatic heterocycles. The van der Waals surface area contributed by atoms with E-state index < -0.39 is 0 Å². The number of hydrogen-bond donors (Lipinski definition) is 1. The minimum absolute atomic E-state index is 0.186. The minimum atomic E-state index is -0.186. The molecule has 0 saturated carbocycles. The predicted octanol–water partition coefficient (Wildman–Crippen LogP) is 3.41. The van der Waals surface area contributed by atoms with Crippen LogP contribution >= 0.6 is 0 Å². The largest absolute Gasteiger partial charge is 0.341 e. The second-order valence-corrected chi connectivity index (χ2v) is 5.24. The van der Waals surface area contributed by atoms with Crippen molar-refractivity contribution in [3.8, 4) is 0 Å². The van der Waals surface area contributed by atoms with Crippen LogP contribution in [0.1, 0.15) is 17.5 Å². The molecular weight excluding hydrogens is 251 g/mol. The summed E-state index contributed by atoms with van der Waals surface area (Å²) in [7, 11) is 0. The van der Waals surface area contributed by atoms with Gasteiger partial charge < -0.3 is 10.6 Å². The van der Waals surface area contributed by atoms with E-state index in [-0.39, 0.29) is 5.82 Å². The summed E-state index contributed by atoms with van der Waals surface area (Å²) in [5.74, 6) is -0.186. The SMILES string of the molecule is NCCc1cc(F)cc(N2CCCc3ccccc32)c1. The Morgan fingerprint density at radius 1 is 1.15 bits per heavy atom. The molecule has 2 N–H and O–H groups in total. The Hall–Kier alpha value is -1.87. The molecule has 104 valence electrons. The van der Waals surface area contributed by atoms with E-state index in [1.165, 1.54) is 11.3 Å². The standard InChI is InChI=1S/C17H19FN2/c18-15-10-13(7-8-19)11-16(12-15)20-9-3-5-14-4-1-2-6-17(14)20/h1-2,4,6,10-12H,3,5,7-9,19H2. The van der Waals surface area contributed by atoms with Gasteiger partial charge in [-0.05, 0) is 61.2 Å². The van der Waals surface area contributed by atoms with Crippen molar-refractivity contribution in [1.29, 1.82) is 0 Å². The van der Waals surface area contributed by atoms with Crippen LogP contribution in [0.15, 0.2) is 42.5 Å². The van der Waals surface area contributed by atoms with Crippen molar-refractivity contribution in [2.24, 2.45) is 5.73 Å².